The van der Waals surface area contributed by atoms with Crippen LogP contribution in [0.1, 0.15) is 18.5 Å². The summed E-state index contributed by atoms with van der Waals surface area (Å²) in [6, 6.07) is 12.6. The number of nitrogens with zero attached hydrogens (tertiary/aromatic N) is 2. The molecule has 0 aliphatic heterocycles. The van der Waals surface area contributed by atoms with Crippen molar-refractivity contribution in [3.05, 3.63) is 48.2 Å². The topological polar surface area (TPSA) is 29.9 Å². The summed E-state index contributed by atoms with van der Waals surface area (Å²) in [5, 5.41) is 7.63. The molecule has 1 aromatic heterocycles. The van der Waals surface area contributed by atoms with Crippen molar-refractivity contribution >= 4 is 5.82 Å². The van der Waals surface area contributed by atoms with E-state index in [1.54, 1.807) is 4.68 Å². The summed E-state index contributed by atoms with van der Waals surface area (Å²) in [7, 11) is 1.92. The summed E-state index contributed by atoms with van der Waals surface area (Å²) >= 11 is 0. The van der Waals surface area contributed by atoms with Crippen molar-refractivity contribution in [1.29, 1.82) is 0 Å². The first-order valence-electron chi connectivity index (χ1n) is 5.07. The van der Waals surface area contributed by atoms with Crippen LogP contribution in [-0.2, 0) is 7.05 Å². The van der Waals surface area contributed by atoms with Gasteiger partial charge in [0.15, 0.2) is 0 Å². The minimum absolute atomic E-state index is 0.279. The lowest BCUT2D eigenvalue weighted by atomic mass is 10.1. The quantitative estimate of drug-likeness (QED) is 0.827. The zero-order valence-electron chi connectivity index (χ0n) is 9.01. The van der Waals surface area contributed by atoms with Crippen LogP contribution < -0.4 is 5.32 Å². The molecule has 15 heavy (non-hydrogen) atoms. The maximum absolute atomic E-state index is 4.28. The van der Waals surface area contributed by atoms with Gasteiger partial charge in [-0.25, -0.2) is 0 Å². The van der Waals surface area contributed by atoms with Gasteiger partial charge in [-0.15, -0.1) is 0 Å². The molecule has 1 unspecified atom stereocenters. The lowest BCUT2D eigenvalue weighted by molar-refractivity contribution is 0.760. The van der Waals surface area contributed by atoms with Crippen LogP contribution in [0.4, 0.5) is 5.82 Å². The van der Waals surface area contributed by atoms with Gasteiger partial charge in [-0.1, -0.05) is 30.3 Å². The number of hydrogen-bond donors (Lipinski definition) is 1. The molecule has 0 radical (unpaired) electrons. The Morgan fingerprint density at radius 1 is 1.20 bits per heavy atom. The molecule has 3 heteroatoms. The predicted molar refractivity (Wildman–Crippen MR) is 61.7 cm³/mol. The van der Waals surface area contributed by atoms with E-state index in [-0.39, 0.29) is 6.04 Å². The number of benzene rings is 1. The summed E-state index contributed by atoms with van der Waals surface area (Å²) in [4.78, 5) is 0. The molecular weight excluding hydrogens is 186 g/mol. The van der Waals surface area contributed by atoms with E-state index >= 15 is 0 Å². The van der Waals surface area contributed by atoms with Crippen molar-refractivity contribution in [2.45, 2.75) is 13.0 Å². The van der Waals surface area contributed by atoms with Crippen LogP contribution in [0.25, 0.3) is 0 Å². The number of anilines is 1. The highest BCUT2D eigenvalue weighted by molar-refractivity contribution is 5.36. The van der Waals surface area contributed by atoms with E-state index < -0.39 is 0 Å². The fourth-order valence-corrected chi connectivity index (χ4v) is 1.54. The number of aromatic nitrogens is 2. The Hall–Kier alpha value is -1.77. The molecule has 1 heterocycles. The first-order valence-corrected chi connectivity index (χ1v) is 5.07. The second-order valence-corrected chi connectivity index (χ2v) is 3.65. The van der Waals surface area contributed by atoms with Crippen LogP contribution in [-0.4, -0.2) is 9.78 Å². The summed E-state index contributed by atoms with van der Waals surface area (Å²) in [6.07, 6.45) is 1.93. The van der Waals surface area contributed by atoms with Gasteiger partial charge in [-0.3, -0.25) is 4.68 Å². The van der Waals surface area contributed by atoms with Crippen LogP contribution in [0.5, 0.6) is 0 Å². The smallest absolute Gasteiger partial charge is 0.148 e. The lowest BCUT2D eigenvalue weighted by Gasteiger charge is -2.12. The van der Waals surface area contributed by atoms with Gasteiger partial charge in [-0.2, -0.15) is 5.10 Å². The zero-order valence-corrected chi connectivity index (χ0v) is 9.01. The Morgan fingerprint density at radius 3 is 2.53 bits per heavy atom. The Balaban J connectivity index is 2.07. The molecule has 0 aliphatic rings. The van der Waals surface area contributed by atoms with Gasteiger partial charge in [0.1, 0.15) is 5.82 Å². The van der Waals surface area contributed by atoms with E-state index in [2.05, 4.69) is 29.5 Å². The van der Waals surface area contributed by atoms with Crippen molar-refractivity contribution in [2.24, 2.45) is 7.05 Å². The van der Waals surface area contributed by atoms with Gasteiger partial charge in [0, 0.05) is 25.4 Å². The predicted octanol–water partition coefficient (Wildman–Crippen LogP) is 2.59. The fourth-order valence-electron chi connectivity index (χ4n) is 1.54. The normalized spacial score (nSPS) is 12.4. The van der Waals surface area contributed by atoms with Crippen molar-refractivity contribution in [3.8, 4) is 0 Å². The molecule has 3 nitrogen and oxygen atoms in total. The standard InChI is InChI=1S/C12H15N3/c1-10(11-6-4-3-5-7-11)13-12-8-9-15(2)14-12/h3-10H,1-2H3,(H,13,14). The Bertz CT molecular complexity index is 419. The number of rotatable bonds is 3. The molecular formula is C12H15N3. The van der Waals surface area contributed by atoms with E-state index in [0.717, 1.165) is 5.82 Å². The van der Waals surface area contributed by atoms with Crippen LogP contribution >= 0.6 is 0 Å². The maximum atomic E-state index is 4.28. The first-order chi connectivity index (χ1) is 7.25. The third-order valence-corrected chi connectivity index (χ3v) is 2.38. The first kappa shape index (κ1) is 9.77. The molecule has 1 N–H and O–H groups in total. The Morgan fingerprint density at radius 2 is 1.93 bits per heavy atom. The van der Waals surface area contributed by atoms with Crippen molar-refractivity contribution in [1.82, 2.24) is 9.78 Å². The number of aryl methyl sites for hydroxylation is 1. The van der Waals surface area contributed by atoms with Crippen LogP contribution in [0.2, 0.25) is 0 Å². The maximum Gasteiger partial charge on any atom is 0.148 e. The van der Waals surface area contributed by atoms with Gasteiger partial charge >= 0.3 is 0 Å². The van der Waals surface area contributed by atoms with Crippen LogP contribution in [0.15, 0.2) is 42.6 Å². The minimum atomic E-state index is 0.279. The molecule has 2 aromatic rings. The second-order valence-electron chi connectivity index (χ2n) is 3.65. The van der Waals surface area contributed by atoms with Gasteiger partial charge in [0.2, 0.25) is 0 Å². The van der Waals surface area contributed by atoms with Crippen LogP contribution in [0.3, 0.4) is 0 Å². The summed E-state index contributed by atoms with van der Waals surface area (Å²) in [5.41, 5.74) is 1.27. The summed E-state index contributed by atoms with van der Waals surface area (Å²) in [5.74, 6) is 0.911. The third kappa shape index (κ3) is 2.37. The van der Waals surface area contributed by atoms with Gasteiger partial charge in [0.05, 0.1) is 0 Å². The van der Waals surface area contributed by atoms with Crippen molar-refractivity contribution in [3.63, 3.8) is 0 Å². The van der Waals surface area contributed by atoms with E-state index in [9.17, 15) is 0 Å². The molecule has 0 bridgehead atoms. The van der Waals surface area contributed by atoms with E-state index in [0.29, 0.717) is 0 Å². The monoisotopic (exact) mass is 201 g/mol. The highest BCUT2D eigenvalue weighted by Crippen LogP contribution is 2.16. The second kappa shape index (κ2) is 4.17. The molecule has 0 spiro atoms. The Labute approximate surface area is 89.7 Å². The van der Waals surface area contributed by atoms with E-state index in [1.165, 1.54) is 5.56 Å². The summed E-state index contributed by atoms with van der Waals surface area (Å²) in [6.45, 7) is 2.13. The van der Waals surface area contributed by atoms with Crippen LogP contribution in [0, 0.1) is 0 Å². The molecule has 0 amide bonds. The molecule has 1 atom stereocenters. The summed E-state index contributed by atoms with van der Waals surface area (Å²) < 4.78 is 1.79. The molecule has 0 fully saturated rings. The van der Waals surface area contributed by atoms with Gasteiger partial charge in [0.25, 0.3) is 0 Å². The van der Waals surface area contributed by atoms with Crippen molar-refractivity contribution < 1.29 is 0 Å². The molecule has 2 rings (SSSR count). The lowest BCUT2D eigenvalue weighted by Crippen LogP contribution is -2.07. The largest absolute Gasteiger partial charge is 0.362 e. The number of nitrogens with one attached hydrogen (secondary N) is 1. The molecule has 78 valence electrons. The van der Waals surface area contributed by atoms with Crippen molar-refractivity contribution in [2.75, 3.05) is 5.32 Å². The number of hydrogen-bond acceptors (Lipinski definition) is 2. The molecule has 0 aliphatic carbocycles. The fraction of sp³-hybridized carbons (Fsp3) is 0.250. The molecule has 0 saturated heterocycles. The van der Waals surface area contributed by atoms with Gasteiger partial charge in [-0.05, 0) is 12.5 Å². The Kier molecular flexibility index (Phi) is 2.72. The third-order valence-electron chi connectivity index (χ3n) is 2.38. The highest BCUT2D eigenvalue weighted by Gasteiger charge is 2.05. The zero-order chi connectivity index (χ0) is 10.7. The van der Waals surface area contributed by atoms with E-state index in [4.69, 9.17) is 0 Å². The molecule has 0 saturated carbocycles. The SMILES string of the molecule is CC(Nc1ccn(C)n1)c1ccccc1. The average molecular weight is 201 g/mol. The molecule has 1 aromatic carbocycles. The minimum Gasteiger partial charge on any atom is -0.362 e. The average Bonchev–Trinajstić information content (AvgIpc) is 2.65. The van der Waals surface area contributed by atoms with Gasteiger partial charge < -0.3 is 5.32 Å². The van der Waals surface area contributed by atoms with E-state index in [1.807, 2.05) is 37.5 Å². The highest BCUT2D eigenvalue weighted by atomic mass is 15.3.